The van der Waals surface area contributed by atoms with E-state index < -0.39 is 28.7 Å². The molecule has 0 saturated carbocycles. The lowest BCUT2D eigenvalue weighted by molar-refractivity contribution is -0.385. The maximum atomic E-state index is 12.5. The van der Waals surface area contributed by atoms with E-state index in [1.54, 1.807) is 0 Å². The number of imide groups is 2. The topological polar surface area (TPSA) is 118 Å². The third kappa shape index (κ3) is 2.68. The Morgan fingerprint density at radius 2 is 2.09 bits per heavy atom. The van der Waals surface area contributed by atoms with Crippen LogP contribution in [0.1, 0.15) is 22.3 Å². The van der Waals surface area contributed by atoms with E-state index in [4.69, 9.17) is 0 Å². The molecule has 2 rings (SSSR count). The summed E-state index contributed by atoms with van der Waals surface area (Å²) in [4.78, 5) is 59.0. The molecule has 1 heterocycles. The largest absolute Gasteiger partial charge is 0.284 e. The van der Waals surface area contributed by atoms with Crippen LogP contribution in [0.2, 0.25) is 0 Å². The van der Waals surface area contributed by atoms with Crippen LogP contribution in [0, 0.1) is 17.0 Å². The van der Waals surface area contributed by atoms with Gasteiger partial charge in [0.05, 0.1) is 11.3 Å². The highest BCUT2D eigenvalue weighted by atomic mass is 16.6. The predicted octanol–water partition coefficient (Wildman–Crippen LogP) is 0.259. The minimum atomic E-state index is -1.23. The van der Waals surface area contributed by atoms with Crippen LogP contribution in [0.25, 0.3) is 0 Å². The molecular formula is C14H13N3O6. The van der Waals surface area contributed by atoms with Crippen LogP contribution in [0.5, 0.6) is 0 Å². The Bertz CT molecular complexity index is 729. The molecule has 120 valence electrons. The lowest BCUT2D eigenvalue weighted by atomic mass is 10.0. The molecule has 1 fully saturated rings. The second-order valence-electron chi connectivity index (χ2n) is 5.04. The van der Waals surface area contributed by atoms with Crippen molar-refractivity contribution in [3.63, 3.8) is 0 Å². The van der Waals surface area contributed by atoms with Gasteiger partial charge in [0.25, 0.3) is 17.5 Å². The fourth-order valence-electron chi connectivity index (χ4n) is 2.41. The SMILES string of the molecule is Cc1c(C(=O)N(C=O)C2CC(=O)N(C)C2=O)cccc1[N+](=O)[O-]. The molecule has 4 amide bonds. The van der Waals surface area contributed by atoms with Crippen molar-refractivity contribution >= 4 is 29.8 Å². The third-order valence-electron chi connectivity index (χ3n) is 3.77. The molecule has 1 unspecified atom stereocenters. The number of nitro benzene ring substituents is 1. The monoisotopic (exact) mass is 319 g/mol. The first-order valence-electron chi connectivity index (χ1n) is 6.62. The van der Waals surface area contributed by atoms with E-state index in [0.717, 1.165) is 4.90 Å². The number of carbonyl (C=O) groups is 4. The van der Waals surface area contributed by atoms with Crippen molar-refractivity contribution in [2.24, 2.45) is 0 Å². The number of hydrogen-bond acceptors (Lipinski definition) is 6. The molecule has 1 saturated heterocycles. The predicted molar refractivity (Wildman–Crippen MR) is 76.2 cm³/mol. The fourth-order valence-corrected chi connectivity index (χ4v) is 2.41. The highest BCUT2D eigenvalue weighted by Crippen LogP contribution is 2.24. The molecule has 0 N–H and O–H groups in total. The Morgan fingerprint density at radius 1 is 1.43 bits per heavy atom. The smallest absolute Gasteiger partial charge is 0.273 e. The average molecular weight is 319 g/mol. The molecule has 0 aromatic heterocycles. The first-order chi connectivity index (χ1) is 10.8. The number of nitro groups is 1. The van der Waals surface area contributed by atoms with E-state index in [2.05, 4.69) is 0 Å². The maximum absolute atomic E-state index is 12.5. The highest BCUT2D eigenvalue weighted by Gasteiger charge is 2.42. The molecule has 1 aliphatic rings. The van der Waals surface area contributed by atoms with E-state index in [0.29, 0.717) is 4.90 Å². The Hall–Kier alpha value is -3.10. The quantitative estimate of drug-likeness (QED) is 0.340. The Kier molecular flexibility index (Phi) is 4.21. The van der Waals surface area contributed by atoms with Gasteiger partial charge in [-0.15, -0.1) is 0 Å². The third-order valence-corrected chi connectivity index (χ3v) is 3.77. The zero-order valence-electron chi connectivity index (χ0n) is 12.4. The zero-order valence-corrected chi connectivity index (χ0v) is 12.4. The van der Waals surface area contributed by atoms with Crippen LogP contribution >= 0.6 is 0 Å². The summed E-state index contributed by atoms with van der Waals surface area (Å²) in [7, 11) is 1.26. The van der Waals surface area contributed by atoms with Crippen molar-refractivity contribution in [3.8, 4) is 0 Å². The van der Waals surface area contributed by atoms with Crippen molar-refractivity contribution in [2.45, 2.75) is 19.4 Å². The van der Waals surface area contributed by atoms with Gasteiger partial charge in [0, 0.05) is 24.2 Å². The van der Waals surface area contributed by atoms with Crippen molar-refractivity contribution in [1.82, 2.24) is 9.80 Å². The Labute approximate surface area is 130 Å². The molecule has 1 aromatic carbocycles. The summed E-state index contributed by atoms with van der Waals surface area (Å²) >= 11 is 0. The van der Waals surface area contributed by atoms with Crippen molar-refractivity contribution in [1.29, 1.82) is 0 Å². The fraction of sp³-hybridized carbons (Fsp3) is 0.286. The molecule has 0 radical (unpaired) electrons. The van der Waals surface area contributed by atoms with Crippen LogP contribution in [0.15, 0.2) is 18.2 Å². The summed E-state index contributed by atoms with van der Waals surface area (Å²) in [5.74, 6) is -2.03. The molecule has 0 aliphatic carbocycles. The number of rotatable bonds is 4. The molecule has 23 heavy (non-hydrogen) atoms. The van der Waals surface area contributed by atoms with Crippen molar-refractivity contribution in [2.75, 3.05) is 7.05 Å². The van der Waals surface area contributed by atoms with Crippen LogP contribution in [-0.4, -0.2) is 51.9 Å². The number of hydrogen-bond donors (Lipinski definition) is 0. The summed E-state index contributed by atoms with van der Waals surface area (Å²) in [6.07, 6.45) is -0.136. The lowest BCUT2D eigenvalue weighted by Gasteiger charge is -2.21. The van der Waals surface area contributed by atoms with E-state index in [9.17, 15) is 29.3 Å². The van der Waals surface area contributed by atoms with E-state index in [-0.39, 0.29) is 29.6 Å². The number of amides is 4. The summed E-state index contributed by atoms with van der Waals surface area (Å²) in [5, 5.41) is 10.9. The van der Waals surface area contributed by atoms with E-state index in [1.807, 2.05) is 0 Å². The average Bonchev–Trinajstić information content (AvgIpc) is 2.75. The van der Waals surface area contributed by atoms with Gasteiger partial charge in [-0.05, 0) is 13.0 Å². The number of carbonyl (C=O) groups excluding carboxylic acids is 4. The first-order valence-corrected chi connectivity index (χ1v) is 6.62. The van der Waals surface area contributed by atoms with Crippen LogP contribution in [-0.2, 0) is 14.4 Å². The minimum Gasteiger partial charge on any atom is -0.284 e. The molecule has 1 aromatic rings. The van der Waals surface area contributed by atoms with Gasteiger partial charge < -0.3 is 0 Å². The maximum Gasteiger partial charge on any atom is 0.273 e. The van der Waals surface area contributed by atoms with Crippen molar-refractivity contribution in [3.05, 3.63) is 39.4 Å². The molecule has 1 aliphatic heterocycles. The number of benzene rings is 1. The van der Waals surface area contributed by atoms with Crippen LogP contribution < -0.4 is 0 Å². The van der Waals surface area contributed by atoms with Gasteiger partial charge in [-0.1, -0.05) is 6.07 Å². The number of nitrogens with zero attached hydrogens (tertiary/aromatic N) is 3. The molecule has 1 atom stereocenters. The molecular weight excluding hydrogens is 306 g/mol. The van der Waals surface area contributed by atoms with Gasteiger partial charge >= 0.3 is 0 Å². The second-order valence-corrected chi connectivity index (χ2v) is 5.04. The number of likely N-dealkylation sites (N-methyl/N-ethyl adjacent to an activating group) is 1. The Balaban J connectivity index is 2.41. The molecule has 0 bridgehead atoms. The van der Waals surface area contributed by atoms with Gasteiger partial charge in [-0.25, -0.2) is 0 Å². The minimum absolute atomic E-state index is 0.0684. The molecule has 9 nitrogen and oxygen atoms in total. The van der Waals surface area contributed by atoms with Gasteiger partial charge in [0.1, 0.15) is 6.04 Å². The van der Waals surface area contributed by atoms with E-state index in [1.165, 1.54) is 32.2 Å². The standard InChI is InChI=1S/C14H13N3O6/c1-8-9(4-3-5-10(8)17(22)23)13(20)16(7-18)11-6-12(19)15(2)14(11)21/h3-5,7,11H,6H2,1-2H3. The molecule has 9 heteroatoms. The summed E-state index contributed by atoms with van der Waals surface area (Å²) < 4.78 is 0. The highest BCUT2D eigenvalue weighted by molar-refractivity contribution is 6.11. The first kappa shape index (κ1) is 16.3. The Morgan fingerprint density at radius 3 is 2.57 bits per heavy atom. The van der Waals surface area contributed by atoms with Gasteiger partial charge in [0.2, 0.25) is 12.3 Å². The zero-order chi connectivity index (χ0) is 17.3. The van der Waals surface area contributed by atoms with Gasteiger partial charge in [-0.2, -0.15) is 0 Å². The normalized spacial score (nSPS) is 17.3. The van der Waals surface area contributed by atoms with Gasteiger partial charge in [0.15, 0.2) is 0 Å². The summed E-state index contributed by atoms with van der Waals surface area (Å²) in [6.45, 7) is 1.38. The summed E-state index contributed by atoms with van der Waals surface area (Å²) in [5.41, 5.74) is -0.256. The van der Waals surface area contributed by atoms with Crippen molar-refractivity contribution < 1.29 is 24.1 Å². The second kappa shape index (κ2) is 5.95. The van der Waals surface area contributed by atoms with Gasteiger partial charge in [-0.3, -0.25) is 39.1 Å². The summed E-state index contributed by atoms with van der Waals surface area (Å²) in [6, 6.07) is 2.65. The van der Waals surface area contributed by atoms with Crippen LogP contribution in [0.3, 0.4) is 0 Å². The van der Waals surface area contributed by atoms with Crippen LogP contribution in [0.4, 0.5) is 5.69 Å². The number of likely N-dealkylation sites (tertiary alicyclic amines) is 1. The molecule has 0 spiro atoms. The lowest BCUT2D eigenvalue weighted by Crippen LogP contribution is -2.44. The van der Waals surface area contributed by atoms with E-state index >= 15 is 0 Å².